The second kappa shape index (κ2) is 7.36. The lowest BCUT2D eigenvalue weighted by Crippen LogP contribution is -2.17. The monoisotopic (exact) mass is 345 g/mol. The highest BCUT2D eigenvalue weighted by molar-refractivity contribution is 6.34. The maximum Gasteiger partial charge on any atom is 0.285 e. The molecule has 0 radical (unpaired) electrons. The predicted molar refractivity (Wildman–Crippen MR) is 91.1 cm³/mol. The summed E-state index contributed by atoms with van der Waals surface area (Å²) in [5, 5.41) is 0.839. The second-order valence-corrected chi connectivity index (χ2v) is 5.56. The molecule has 3 rings (SSSR count). The van der Waals surface area contributed by atoms with E-state index in [0.29, 0.717) is 27.2 Å². The molecule has 0 spiro atoms. The Bertz CT molecular complexity index is 725. The van der Waals surface area contributed by atoms with E-state index in [1.807, 2.05) is 60.7 Å². The zero-order valence-electron chi connectivity index (χ0n) is 12.0. The summed E-state index contributed by atoms with van der Waals surface area (Å²) in [6.07, 6.45) is 0.725. The standard InChI is InChI=1S/C18H13Cl2NO2/c19-13-11-16(20)17(21-12-13)18(22-14-7-3-1-4-8-14)23-15-9-5-2-6-10-15/h1-12,18H. The first-order valence-corrected chi connectivity index (χ1v) is 7.72. The van der Waals surface area contributed by atoms with Crippen LogP contribution < -0.4 is 9.47 Å². The van der Waals surface area contributed by atoms with Gasteiger partial charge in [0.25, 0.3) is 6.29 Å². The first kappa shape index (κ1) is 15.7. The molecule has 0 fully saturated rings. The molecule has 0 atom stereocenters. The molecular formula is C18H13Cl2NO2. The molecule has 5 heteroatoms. The Morgan fingerprint density at radius 2 is 1.30 bits per heavy atom. The molecule has 0 N–H and O–H groups in total. The van der Waals surface area contributed by atoms with Gasteiger partial charge in [-0.2, -0.15) is 0 Å². The lowest BCUT2D eigenvalue weighted by molar-refractivity contribution is 0.000435. The molecule has 0 saturated carbocycles. The van der Waals surface area contributed by atoms with Crippen LogP contribution in [0.1, 0.15) is 12.0 Å². The van der Waals surface area contributed by atoms with Crippen LogP contribution in [0.25, 0.3) is 0 Å². The summed E-state index contributed by atoms with van der Waals surface area (Å²) in [5.41, 5.74) is 0.462. The van der Waals surface area contributed by atoms with Crippen LogP contribution in [0.5, 0.6) is 11.5 Å². The van der Waals surface area contributed by atoms with E-state index in [0.717, 1.165) is 0 Å². The Balaban J connectivity index is 1.92. The van der Waals surface area contributed by atoms with E-state index in [2.05, 4.69) is 4.98 Å². The first-order chi connectivity index (χ1) is 11.2. The van der Waals surface area contributed by atoms with Crippen LogP contribution in [0.2, 0.25) is 10.0 Å². The summed E-state index contributed by atoms with van der Waals surface area (Å²) in [4.78, 5) is 4.26. The first-order valence-electron chi connectivity index (χ1n) is 6.97. The van der Waals surface area contributed by atoms with Gasteiger partial charge in [-0.3, -0.25) is 4.98 Å². The number of hydrogen-bond donors (Lipinski definition) is 0. The van der Waals surface area contributed by atoms with Gasteiger partial charge in [-0.25, -0.2) is 0 Å². The molecule has 2 aromatic carbocycles. The fourth-order valence-electron chi connectivity index (χ4n) is 1.98. The SMILES string of the molecule is Clc1cnc(C(Oc2ccccc2)Oc2ccccc2)c(Cl)c1. The van der Waals surface area contributed by atoms with Crippen LogP contribution in [0.3, 0.4) is 0 Å². The molecule has 1 heterocycles. The average Bonchev–Trinajstić information content (AvgIpc) is 2.56. The van der Waals surface area contributed by atoms with Gasteiger partial charge in [-0.15, -0.1) is 0 Å². The number of pyridine rings is 1. The van der Waals surface area contributed by atoms with E-state index in [9.17, 15) is 0 Å². The summed E-state index contributed by atoms with van der Waals surface area (Å²) in [5.74, 6) is 1.31. The highest BCUT2D eigenvalue weighted by Gasteiger charge is 2.21. The van der Waals surface area contributed by atoms with Gasteiger partial charge in [0.2, 0.25) is 0 Å². The fraction of sp³-hybridized carbons (Fsp3) is 0.0556. The number of halogens is 2. The van der Waals surface area contributed by atoms with Crippen molar-refractivity contribution < 1.29 is 9.47 Å². The third-order valence-electron chi connectivity index (χ3n) is 3.03. The summed E-state index contributed by atoms with van der Waals surface area (Å²) in [7, 11) is 0. The summed E-state index contributed by atoms with van der Waals surface area (Å²) in [6.45, 7) is 0. The molecule has 0 amide bonds. The summed E-state index contributed by atoms with van der Waals surface area (Å²) < 4.78 is 11.8. The van der Waals surface area contributed by atoms with Crippen LogP contribution in [0.15, 0.2) is 72.9 Å². The van der Waals surface area contributed by atoms with Gasteiger partial charge >= 0.3 is 0 Å². The van der Waals surface area contributed by atoms with Crippen molar-refractivity contribution in [3.8, 4) is 11.5 Å². The van der Waals surface area contributed by atoms with Gasteiger partial charge in [-0.05, 0) is 30.3 Å². The molecule has 0 aliphatic rings. The average molecular weight is 346 g/mol. The quantitative estimate of drug-likeness (QED) is 0.568. The van der Waals surface area contributed by atoms with Crippen LogP contribution in [0.4, 0.5) is 0 Å². The Morgan fingerprint density at radius 1 is 0.783 bits per heavy atom. The van der Waals surface area contributed by atoms with Crippen molar-refractivity contribution in [1.82, 2.24) is 4.98 Å². The molecule has 0 aliphatic heterocycles. The van der Waals surface area contributed by atoms with Gasteiger partial charge in [0.15, 0.2) is 0 Å². The van der Waals surface area contributed by atoms with Crippen LogP contribution in [-0.2, 0) is 0 Å². The predicted octanol–water partition coefficient (Wildman–Crippen LogP) is 5.55. The lowest BCUT2D eigenvalue weighted by Gasteiger charge is -2.21. The number of benzene rings is 2. The van der Waals surface area contributed by atoms with E-state index in [-0.39, 0.29) is 0 Å². The van der Waals surface area contributed by atoms with Crippen molar-refractivity contribution in [3.63, 3.8) is 0 Å². The molecule has 3 aromatic rings. The lowest BCUT2D eigenvalue weighted by atomic mass is 10.3. The van der Waals surface area contributed by atoms with Crippen molar-refractivity contribution >= 4 is 23.2 Å². The van der Waals surface area contributed by atoms with Crippen molar-refractivity contribution in [2.45, 2.75) is 6.29 Å². The number of nitrogens with zero attached hydrogens (tertiary/aromatic N) is 1. The van der Waals surface area contributed by atoms with E-state index in [4.69, 9.17) is 32.7 Å². The minimum atomic E-state index is -0.787. The van der Waals surface area contributed by atoms with E-state index in [1.54, 1.807) is 6.07 Å². The van der Waals surface area contributed by atoms with Gasteiger partial charge < -0.3 is 9.47 Å². The zero-order valence-corrected chi connectivity index (χ0v) is 13.5. The van der Waals surface area contributed by atoms with E-state index in [1.165, 1.54) is 6.20 Å². The normalized spacial score (nSPS) is 10.6. The van der Waals surface area contributed by atoms with Crippen LogP contribution in [-0.4, -0.2) is 4.98 Å². The number of rotatable bonds is 5. The second-order valence-electron chi connectivity index (χ2n) is 4.71. The molecule has 3 nitrogen and oxygen atoms in total. The number of aromatic nitrogens is 1. The van der Waals surface area contributed by atoms with Crippen LogP contribution in [0, 0.1) is 0 Å². The minimum absolute atomic E-state index is 0.384. The highest BCUT2D eigenvalue weighted by Crippen LogP contribution is 2.30. The Kier molecular flexibility index (Phi) is 5.01. The van der Waals surface area contributed by atoms with Crippen LogP contribution >= 0.6 is 23.2 Å². The Morgan fingerprint density at radius 3 is 1.78 bits per heavy atom. The van der Waals surface area contributed by atoms with E-state index >= 15 is 0 Å². The number of hydrogen-bond acceptors (Lipinski definition) is 3. The van der Waals surface area contributed by atoms with Gasteiger partial charge in [0, 0.05) is 6.20 Å². The van der Waals surface area contributed by atoms with Crippen molar-refractivity contribution in [2.24, 2.45) is 0 Å². The number of ether oxygens (including phenoxy) is 2. The third kappa shape index (κ3) is 4.15. The maximum absolute atomic E-state index is 6.25. The van der Waals surface area contributed by atoms with Crippen molar-refractivity contribution in [3.05, 3.63) is 88.7 Å². The fourth-order valence-corrected chi connectivity index (χ4v) is 2.45. The smallest absolute Gasteiger partial charge is 0.285 e. The van der Waals surface area contributed by atoms with Gasteiger partial charge in [0.1, 0.15) is 17.2 Å². The number of para-hydroxylation sites is 2. The molecule has 23 heavy (non-hydrogen) atoms. The van der Waals surface area contributed by atoms with Gasteiger partial charge in [-0.1, -0.05) is 59.6 Å². The van der Waals surface area contributed by atoms with Gasteiger partial charge in [0.05, 0.1) is 10.0 Å². The molecule has 0 bridgehead atoms. The summed E-state index contributed by atoms with van der Waals surface area (Å²) >= 11 is 12.2. The Hall–Kier alpha value is -2.23. The molecule has 1 aromatic heterocycles. The third-order valence-corrected chi connectivity index (χ3v) is 3.54. The summed E-state index contributed by atoms with van der Waals surface area (Å²) in [6, 6.07) is 20.3. The van der Waals surface area contributed by atoms with Crippen molar-refractivity contribution in [2.75, 3.05) is 0 Å². The highest BCUT2D eigenvalue weighted by atomic mass is 35.5. The molecule has 0 saturated heterocycles. The minimum Gasteiger partial charge on any atom is -0.449 e. The molecule has 116 valence electrons. The largest absolute Gasteiger partial charge is 0.449 e. The van der Waals surface area contributed by atoms with E-state index < -0.39 is 6.29 Å². The molecule has 0 unspecified atom stereocenters. The van der Waals surface area contributed by atoms with Crippen molar-refractivity contribution in [1.29, 1.82) is 0 Å². The molecular weight excluding hydrogens is 333 g/mol. The zero-order chi connectivity index (χ0) is 16.1. The Labute approximate surface area is 144 Å². The topological polar surface area (TPSA) is 31.4 Å². The maximum atomic E-state index is 6.25. The molecule has 0 aliphatic carbocycles.